The second kappa shape index (κ2) is 10.9. The van der Waals surface area contributed by atoms with Crippen molar-refractivity contribution in [2.75, 3.05) is 19.8 Å². The number of hydrogen-bond acceptors (Lipinski definition) is 4. The number of carbonyl (C=O) groups excluding carboxylic acids is 2. The maximum Gasteiger partial charge on any atom is 0.307 e. The highest BCUT2D eigenvalue weighted by Gasteiger charge is 2.17. The molecule has 2 rings (SSSR count). The highest BCUT2D eigenvalue weighted by Crippen LogP contribution is 2.27. The molecule has 1 amide bonds. The van der Waals surface area contributed by atoms with Gasteiger partial charge in [-0.1, -0.05) is 57.9 Å². The van der Waals surface area contributed by atoms with Gasteiger partial charge in [0.2, 0.25) is 0 Å². The van der Waals surface area contributed by atoms with Gasteiger partial charge in [-0.15, -0.1) is 0 Å². The third-order valence-corrected chi connectivity index (χ3v) is 4.49. The maximum absolute atomic E-state index is 12.7. The van der Waals surface area contributed by atoms with E-state index in [9.17, 15) is 9.59 Å². The summed E-state index contributed by atoms with van der Waals surface area (Å²) in [6.07, 6.45) is 0.130. The van der Waals surface area contributed by atoms with Gasteiger partial charge < -0.3 is 14.4 Å². The lowest BCUT2D eigenvalue weighted by Gasteiger charge is -2.23. The quantitative estimate of drug-likeness (QED) is 0.525. The van der Waals surface area contributed by atoms with Gasteiger partial charge in [-0.2, -0.15) is 0 Å². The predicted octanol–water partition coefficient (Wildman–Crippen LogP) is 4.46. The van der Waals surface area contributed by atoms with Gasteiger partial charge in [0.1, 0.15) is 5.75 Å². The summed E-state index contributed by atoms with van der Waals surface area (Å²) in [5.41, 5.74) is 0.969. The Bertz CT molecular complexity index is 770. The fourth-order valence-electron chi connectivity index (χ4n) is 2.38. The van der Waals surface area contributed by atoms with Crippen LogP contribution in [0.25, 0.3) is 0 Å². The Kier molecular flexibility index (Phi) is 8.61. The fourth-order valence-corrected chi connectivity index (χ4v) is 3.11. The molecule has 0 saturated heterocycles. The zero-order chi connectivity index (χ0) is 19.6. The zero-order valence-corrected chi connectivity index (χ0v) is 17.3. The monoisotopic (exact) mass is 453 g/mol. The molecule has 0 aliphatic rings. The molecular formula is C20H21BrClNO4. The summed E-state index contributed by atoms with van der Waals surface area (Å²) in [5, 5.41) is 0.415. The van der Waals surface area contributed by atoms with Crippen molar-refractivity contribution in [1.82, 2.24) is 4.90 Å². The van der Waals surface area contributed by atoms with Gasteiger partial charge in [-0.3, -0.25) is 9.59 Å². The van der Waals surface area contributed by atoms with E-state index in [1.165, 1.54) is 0 Å². The molecule has 0 atom stereocenters. The van der Waals surface area contributed by atoms with Crippen LogP contribution in [0.5, 0.6) is 5.75 Å². The molecule has 2 aromatic carbocycles. The van der Waals surface area contributed by atoms with Crippen LogP contribution in [0.4, 0.5) is 0 Å². The Labute approximate surface area is 172 Å². The molecule has 0 heterocycles. The minimum Gasteiger partial charge on any atom is -0.482 e. The number of hydrogen-bond donors (Lipinski definition) is 0. The van der Waals surface area contributed by atoms with Crippen LogP contribution in [0.15, 0.2) is 53.0 Å². The minimum absolute atomic E-state index is 0.130. The molecule has 2 aromatic rings. The van der Waals surface area contributed by atoms with Gasteiger partial charge in [0, 0.05) is 17.6 Å². The fraction of sp³-hybridized carbons (Fsp3) is 0.300. The molecule has 0 aliphatic heterocycles. The number of amides is 1. The van der Waals surface area contributed by atoms with Gasteiger partial charge >= 0.3 is 5.97 Å². The minimum atomic E-state index is -0.333. The van der Waals surface area contributed by atoms with Crippen LogP contribution in [0.2, 0.25) is 5.02 Å². The molecule has 27 heavy (non-hydrogen) atoms. The smallest absolute Gasteiger partial charge is 0.307 e. The topological polar surface area (TPSA) is 55.8 Å². The van der Waals surface area contributed by atoms with E-state index in [0.29, 0.717) is 23.9 Å². The summed E-state index contributed by atoms with van der Waals surface area (Å²) >= 11 is 9.44. The average molecular weight is 455 g/mol. The van der Waals surface area contributed by atoms with Crippen LogP contribution in [0.3, 0.4) is 0 Å². The molecule has 7 heteroatoms. The number of ether oxygens (including phenoxy) is 2. The molecule has 0 aromatic heterocycles. The first-order chi connectivity index (χ1) is 13.0. The molecule has 0 saturated carbocycles. The summed E-state index contributed by atoms with van der Waals surface area (Å²) in [4.78, 5) is 25.9. The Hall–Kier alpha value is -2.05. The van der Waals surface area contributed by atoms with E-state index in [2.05, 4.69) is 15.9 Å². The van der Waals surface area contributed by atoms with Crippen molar-refractivity contribution in [3.8, 4) is 5.75 Å². The molecule has 0 radical (unpaired) electrons. The van der Waals surface area contributed by atoms with E-state index in [0.717, 1.165) is 10.0 Å². The van der Waals surface area contributed by atoms with Gasteiger partial charge in [0.25, 0.3) is 5.91 Å². The lowest BCUT2D eigenvalue weighted by atomic mass is 10.2. The zero-order valence-electron chi connectivity index (χ0n) is 15.0. The number of esters is 1. The van der Waals surface area contributed by atoms with Gasteiger partial charge in [-0.25, -0.2) is 0 Å². The summed E-state index contributed by atoms with van der Waals surface area (Å²) in [6, 6.07) is 14.8. The Morgan fingerprint density at radius 2 is 1.89 bits per heavy atom. The van der Waals surface area contributed by atoms with Crippen molar-refractivity contribution in [3.05, 3.63) is 63.6 Å². The van der Waals surface area contributed by atoms with Crippen LogP contribution in [-0.4, -0.2) is 36.5 Å². The molecule has 5 nitrogen and oxygen atoms in total. The van der Waals surface area contributed by atoms with Crippen LogP contribution >= 0.6 is 27.5 Å². The molecular weight excluding hydrogens is 434 g/mol. The predicted molar refractivity (Wildman–Crippen MR) is 108 cm³/mol. The van der Waals surface area contributed by atoms with Crippen molar-refractivity contribution in [3.63, 3.8) is 0 Å². The number of nitrogens with zero attached hydrogens (tertiary/aromatic N) is 1. The van der Waals surface area contributed by atoms with Crippen molar-refractivity contribution in [2.24, 2.45) is 0 Å². The number of benzene rings is 2. The van der Waals surface area contributed by atoms with Gasteiger partial charge in [-0.05, 0) is 30.7 Å². The van der Waals surface area contributed by atoms with E-state index in [4.69, 9.17) is 21.1 Å². The molecule has 0 spiro atoms. The molecule has 0 aliphatic carbocycles. The number of halogens is 2. The second-order valence-electron chi connectivity index (χ2n) is 5.72. The van der Waals surface area contributed by atoms with E-state index in [1.54, 1.807) is 30.0 Å². The molecule has 144 valence electrons. The first-order valence-electron chi connectivity index (χ1n) is 8.54. The lowest BCUT2D eigenvalue weighted by molar-refractivity contribution is -0.144. The molecule has 0 fully saturated rings. The van der Waals surface area contributed by atoms with Crippen LogP contribution in [-0.2, 0) is 20.9 Å². The molecule has 0 unspecified atom stereocenters. The number of rotatable bonds is 9. The Balaban J connectivity index is 2.01. The summed E-state index contributed by atoms with van der Waals surface area (Å²) in [6.45, 7) is 2.54. The summed E-state index contributed by atoms with van der Waals surface area (Å²) < 4.78 is 11.3. The van der Waals surface area contributed by atoms with Gasteiger partial charge in [0.15, 0.2) is 6.61 Å². The van der Waals surface area contributed by atoms with Crippen molar-refractivity contribution < 1.29 is 19.1 Å². The highest BCUT2D eigenvalue weighted by atomic mass is 79.9. The lowest BCUT2D eigenvalue weighted by Crippen LogP contribution is -2.36. The highest BCUT2D eigenvalue weighted by molar-refractivity contribution is 9.10. The summed E-state index contributed by atoms with van der Waals surface area (Å²) in [7, 11) is 0. The van der Waals surface area contributed by atoms with E-state index < -0.39 is 0 Å². The molecule has 0 bridgehead atoms. The van der Waals surface area contributed by atoms with E-state index in [1.807, 2.05) is 30.3 Å². The first-order valence-corrected chi connectivity index (χ1v) is 9.72. The second-order valence-corrected chi connectivity index (χ2v) is 7.04. The first kappa shape index (κ1) is 21.3. The average Bonchev–Trinajstić information content (AvgIpc) is 2.65. The standard InChI is InChI=1S/C20H21BrClNO4/c1-2-26-20(25)10-11-23(13-15-6-4-3-5-7-15)19(24)14-27-18-9-8-16(21)12-17(18)22/h3-9,12H,2,10-11,13-14H2,1H3. The largest absolute Gasteiger partial charge is 0.482 e. The maximum atomic E-state index is 12.7. The summed E-state index contributed by atoms with van der Waals surface area (Å²) in [5.74, 6) is -0.138. The Morgan fingerprint density at radius 1 is 1.15 bits per heavy atom. The van der Waals surface area contributed by atoms with Gasteiger partial charge in [0.05, 0.1) is 18.1 Å². The van der Waals surface area contributed by atoms with Crippen LogP contribution < -0.4 is 4.74 Å². The Morgan fingerprint density at radius 3 is 2.56 bits per heavy atom. The third-order valence-electron chi connectivity index (χ3n) is 3.71. The normalized spacial score (nSPS) is 10.3. The van der Waals surface area contributed by atoms with Crippen LogP contribution in [0.1, 0.15) is 18.9 Å². The van der Waals surface area contributed by atoms with Crippen molar-refractivity contribution >= 4 is 39.4 Å². The third kappa shape index (κ3) is 7.23. The SMILES string of the molecule is CCOC(=O)CCN(Cc1ccccc1)C(=O)COc1ccc(Br)cc1Cl. The van der Waals surface area contributed by atoms with Crippen molar-refractivity contribution in [1.29, 1.82) is 0 Å². The van der Waals surface area contributed by atoms with Crippen molar-refractivity contribution in [2.45, 2.75) is 19.9 Å². The van der Waals surface area contributed by atoms with E-state index in [-0.39, 0.29) is 31.4 Å². The van der Waals surface area contributed by atoms with Crippen LogP contribution in [0, 0.1) is 0 Å². The number of carbonyl (C=O) groups is 2. The molecule has 0 N–H and O–H groups in total. The van der Waals surface area contributed by atoms with E-state index >= 15 is 0 Å².